The van der Waals surface area contributed by atoms with Crippen LogP contribution in [0.3, 0.4) is 0 Å². The van der Waals surface area contributed by atoms with E-state index in [9.17, 15) is 0 Å². The molecule has 0 saturated heterocycles. The van der Waals surface area contributed by atoms with Gasteiger partial charge in [-0.3, -0.25) is 4.57 Å². The first-order valence-electron chi connectivity index (χ1n) is 14.6. The monoisotopic (exact) mass is 534 g/mol. The SMILES string of the molecule is CC.CC.CC.CC.Cc1nnc(-n2c3ccccc3c3cc4c(cc32)c2ccccc2n4-c2ccccc2)o1. The van der Waals surface area contributed by atoms with Gasteiger partial charge in [0.05, 0.1) is 22.1 Å². The largest absolute Gasteiger partial charge is 0.408 e. The molecule has 3 heterocycles. The molecule has 0 amide bonds. The normalized spacial score (nSPS) is 10.1. The maximum Gasteiger partial charge on any atom is 0.327 e. The number of aryl methyl sites for hydroxylation is 1. The molecule has 0 fully saturated rings. The van der Waals surface area contributed by atoms with Crippen molar-refractivity contribution in [2.45, 2.75) is 62.3 Å². The zero-order chi connectivity index (χ0) is 29.2. The van der Waals surface area contributed by atoms with Crippen molar-refractivity contribution in [3.8, 4) is 11.7 Å². The van der Waals surface area contributed by atoms with Gasteiger partial charge in [-0.15, -0.1) is 5.10 Å². The molecule has 40 heavy (non-hydrogen) atoms. The maximum atomic E-state index is 5.85. The third-order valence-electron chi connectivity index (χ3n) is 6.19. The minimum Gasteiger partial charge on any atom is -0.408 e. The summed E-state index contributed by atoms with van der Waals surface area (Å²) < 4.78 is 10.3. The Morgan fingerprint density at radius 2 is 0.925 bits per heavy atom. The van der Waals surface area contributed by atoms with Crippen LogP contribution in [0, 0.1) is 6.92 Å². The van der Waals surface area contributed by atoms with Gasteiger partial charge in [0, 0.05) is 34.2 Å². The number of nitrogens with zero attached hydrogens (tertiary/aromatic N) is 4. The van der Waals surface area contributed by atoms with Gasteiger partial charge in [-0.1, -0.05) is 115 Å². The van der Waals surface area contributed by atoms with Crippen molar-refractivity contribution in [3.63, 3.8) is 0 Å². The Labute approximate surface area is 238 Å². The molecule has 0 unspecified atom stereocenters. The zero-order valence-corrected chi connectivity index (χ0v) is 25.4. The van der Waals surface area contributed by atoms with Gasteiger partial charge in [-0.2, -0.15) is 0 Å². The Morgan fingerprint density at radius 3 is 1.43 bits per heavy atom. The van der Waals surface area contributed by atoms with Crippen LogP contribution in [0.2, 0.25) is 0 Å². The number of benzene rings is 4. The molecule has 5 heteroatoms. The van der Waals surface area contributed by atoms with Crippen LogP contribution in [0.15, 0.2) is 95.4 Å². The first kappa shape index (κ1) is 30.2. The van der Waals surface area contributed by atoms with E-state index < -0.39 is 0 Å². The van der Waals surface area contributed by atoms with E-state index in [1.54, 1.807) is 0 Å². The first-order valence-corrected chi connectivity index (χ1v) is 14.6. The van der Waals surface area contributed by atoms with Gasteiger partial charge in [0.1, 0.15) is 0 Å². The predicted molar refractivity (Wildman–Crippen MR) is 173 cm³/mol. The van der Waals surface area contributed by atoms with E-state index in [2.05, 4.69) is 104 Å². The molecule has 0 aliphatic rings. The Hall–Kier alpha value is -4.38. The fourth-order valence-corrected chi connectivity index (χ4v) is 4.87. The number of fused-ring (bicyclic) bond motifs is 6. The second kappa shape index (κ2) is 14.1. The van der Waals surface area contributed by atoms with Gasteiger partial charge < -0.3 is 8.98 Å². The van der Waals surface area contributed by atoms with Crippen molar-refractivity contribution in [1.82, 2.24) is 19.3 Å². The van der Waals surface area contributed by atoms with E-state index in [1.807, 2.05) is 68.4 Å². The molecule has 5 nitrogen and oxygen atoms in total. The van der Waals surface area contributed by atoms with E-state index in [-0.39, 0.29) is 0 Å². The molecule has 0 bridgehead atoms. The summed E-state index contributed by atoms with van der Waals surface area (Å²) in [5.41, 5.74) is 5.61. The van der Waals surface area contributed by atoms with Crippen molar-refractivity contribution in [2.75, 3.05) is 0 Å². The molecule has 0 N–H and O–H groups in total. The fraction of sp³-hybridized carbons (Fsp3) is 0.257. The molecule has 208 valence electrons. The Morgan fingerprint density at radius 1 is 0.475 bits per heavy atom. The van der Waals surface area contributed by atoms with Crippen molar-refractivity contribution < 1.29 is 4.42 Å². The van der Waals surface area contributed by atoms with Gasteiger partial charge >= 0.3 is 6.01 Å². The van der Waals surface area contributed by atoms with Gasteiger partial charge in [0.2, 0.25) is 5.89 Å². The molecule has 0 atom stereocenters. The molecule has 0 aliphatic heterocycles. The van der Waals surface area contributed by atoms with Gasteiger partial charge in [-0.05, 0) is 36.4 Å². The number of hydrogen-bond acceptors (Lipinski definition) is 3. The first-order chi connectivity index (χ1) is 19.8. The number of hydrogen-bond donors (Lipinski definition) is 0. The summed E-state index contributed by atoms with van der Waals surface area (Å²) >= 11 is 0. The van der Waals surface area contributed by atoms with E-state index in [0.29, 0.717) is 11.9 Å². The smallest absolute Gasteiger partial charge is 0.327 e. The van der Waals surface area contributed by atoms with Crippen molar-refractivity contribution in [2.24, 2.45) is 0 Å². The van der Waals surface area contributed by atoms with Crippen molar-refractivity contribution in [1.29, 1.82) is 0 Å². The highest BCUT2D eigenvalue weighted by Crippen LogP contribution is 2.39. The zero-order valence-electron chi connectivity index (χ0n) is 25.4. The third kappa shape index (κ3) is 5.24. The van der Waals surface area contributed by atoms with Gasteiger partial charge in [0.25, 0.3) is 0 Å². The summed E-state index contributed by atoms with van der Waals surface area (Å²) in [6.45, 7) is 17.8. The van der Waals surface area contributed by atoms with Crippen LogP contribution < -0.4 is 0 Å². The lowest BCUT2D eigenvalue weighted by Gasteiger charge is -2.07. The van der Waals surface area contributed by atoms with Crippen LogP contribution in [-0.4, -0.2) is 19.3 Å². The second-order valence-corrected chi connectivity index (χ2v) is 8.03. The van der Waals surface area contributed by atoms with Crippen molar-refractivity contribution in [3.05, 3.63) is 96.9 Å². The fourth-order valence-electron chi connectivity index (χ4n) is 4.87. The quantitative estimate of drug-likeness (QED) is 0.222. The summed E-state index contributed by atoms with van der Waals surface area (Å²) in [5.74, 6) is 0.549. The number of para-hydroxylation sites is 3. The lowest BCUT2D eigenvalue weighted by molar-refractivity contribution is 0.502. The Kier molecular flexibility index (Phi) is 10.7. The van der Waals surface area contributed by atoms with E-state index in [0.717, 1.165) is 27.5 Å². The van der Waals surface area contributed by atoms with Crippen LogP contribution in [0.4, 0.5) is 0 Å². The minimum absolute atomic E-state index is 0.486. The summed E-state index contributed by atoms with van der Waals surface area (Å²) in [6.07, 6.45) is 0. The molecule has 7 aromatic rings. The lowest BCUT2D eigenvalue weighted by atomic mass is 10.1. The summed E-state index contributed by atoms with van der Waals surface area (Å²) in [4.78, 5) is 0. The standard InChI is InChI=1S/C27H18N4O.4C2H6/c1-17-28-29-27(32-17)31-24-14-8-6-12-20(24)22-15-25-21(16-26(22)31)19-11-5-7-13-23(19)30(25)18-9-3-2-4-10-18;4*1-2/h2-16H,1H3;4*1-2H3. The molecule has 3 aromatic heterocycles. The third-order valence-corrected chi connectivity index (χ3v) is 6.19. The molecular formula is C35H42N4O. The molecule has 7 rings (SSSR count). The molecule has 0 aliphatic carbocycles. The summed E-state index contributed by atoms with van der Waals surface area (Å²) in [7, 11) is 0. The molecule has 0 spiro atoms. The lowest BCUT2D eigenvalue weighted by Crippen LogP contribution is -1.94. The number of rotatable bonds is 2. The van der Waals surface area contributed by atoms with Crippen LogP contribution in [-0.2, 0) is 0 Å². The molecule has 4 aromatic carbocycles. The predicted octanol–water partition coefficient (Wildman–Crippen LogP) is 10.7. The van der Waals surface area contributed by atoms with Crippen LogP contribution >= 0.6 is 0 Å². The van der Waals surface area contributed by atoms with Gasteiger partial charge in [-0.25, -0.2) is 0 Å². The number of aromatic nitrogens is 4. The maximum absolute atomic E-state index is 5.85. The average Bonchev–Trinajstić information content (AvgIpc) is 3.72. The van der Waals surface area contributed by atoms with E-state index in [1.165, 1.54) is 21.8 Å². The minimum atomic E-state index is 0.486. The molecular weight excluding hydrogens is 492 g/mol. The van der Waals surface area contributed by atoms with E-state index >= 15 is 0 Å². The van der Waals surface area contributed by atoms with Crippen LogP contribution in [0.25, 0.3) is 55.3 Å². The van der Waals surface area contributed by atoms with Gasteiger partial charge in [0.15, 0.2) is 0 Å². The highest BCUT2D eigenvalue weighted by Gasteiger charge is 2.19. The van der Waals surface area contributed by atoms with Crippen molar-refractivity contribution >= 4 is 43.6 Å². The van der Waals surface area contributed by atoms with E-state index in [4.69, 9.17) is 4.42 Å². The highest BCUT2D eigenvalue weighted by molar-refractivity contribution is 6.18. The van der Waals surface area contributed by atoms with Crippen LogP contribution in [0.5, 0.6) is 0 Å². The highest BCUT2D eigenvalue weighted by atomic mass is 16.4. The second-order valence-electron chi connectivity index (χ2n) is 8.03. The molecule has 0 saturated carbocycles. The van der Waals surface area contributed by atoms with Crippen LogP contribution in [0.1, 0.15) is 61.3 Å². The Balaban J connectivity index is 0.000000510. The summed E-state index contributed by atoms with van der Waals surface area (Å²) in [5, 5.41) is 13.1. The Bertz CT molecular complexity index is 1790. The average molecular weight is 535 g/mol. The molecule has 0 radical (unpaired) electrons. The summed E-state index contributed by atoms with van der Waals surface area (Å²) in [6, 6.07) is 32.5. The topological polar surface area (TPSA) is 48.8 Å².